The van der Waals surface area contributed by atoms with Gasteiger partial charge in [0.05, 0.1) is 32.1 Å². The molecule has 0 radical (unpaired) electrons. The van der Waals surface area contributed by atoms with Crippen LogP contribution in [0.1, 0.15) is 0 Å². The minimum Gasteiger partial charge on any atom is -0.495 e. The van der Waals surface area contributed by atoms with Gasteiger partial charge in [0.2, 0.25) is 0 Å². The van der Waals surface area contributed by atoms with E-state index in [9.17, 15) is 18.4 Å². The highest BCUT2D eigenvalue weighted by molar-refractivity contribution is 5.88. The van der Waals surface area contributed by atoms with E-state index in [1.807, 2.05) is 0 Å². The summed E-state index contributed by atoms with van der Waals surface area (Å²) in [5, 5.41) is 1.74. The van der Waals surface area contributed by atoms with Crippen molar-refractivity contribution in [3.8, 4) is 17.2 Å². The second-order valence-electron chi connectivity index (χ2n) is 6.10. The Bertz CT molecular complexity index is 1330. The van der Waals surface area contributed by atoms with Crippen LogP contribution in [0.25, 0.3) is 21.5 Å². The van der Waals surface area contributed by atoms with Crippen LogP contribution in [-0.2, 0) is 0 Å². The summed E-state index contributed by atoms with van der Waals surface area (Å²) >= 11 is 0. The first-order valence-corrected chi connectivity index (χ1v) is 8.67. The molecule has 2 aromatic carbocycles. The van der Waals surface area contributed by atoms with E-state index in [-0.39, 0.29) is 28.0 Å². The van der Waals surface area contributed by atoms with Crippen LogP contribution < -0.4 is 25.3 Å². The number of aromatic nitrogens is 2. The summed E-state index contributed by atoms with van der Waals surface area (Å²) in [4.78, 5) is 27.7. The fourth-order valence-electron chi connectivity index (χ4n) is 2.90. The lowest BCUT2D eigenvalue weighted by molar-refractivity contribution is 0.386. The number of ether oxygens (including phenoxy) is 3. The first kappa shape index (κ1) is 20.8. The van der Waals surface area contributed by atoms with E-state index < -0.39 is 11.6 Å². The predicted octanol–water partition coefficient (Wildman–Crippen LogP) is 3.36. The van der Waals surface area contributed by atoms with Crippen molar-refractivity contribution in [1.29, 1.82) is 0 Å². The summed E-state index contributed by atoms with van der Waals surface area (Å²) in [6, 6.07) is 6.94. The number of nitrogens with one attached hydrogen (secondary N) is 2. The van der Waals surface area contributed by atoms with Crippen molar-refractivity contribution >= 4 is 21.5 Å². The van der Waals surface area contributed by atoms with Gasteiger partial charge >= 0.3 is 0 Å². The molecule has 0 aliphatic rings. The molecular formula is C21H18F2N2O5. The standard InChI is InChI=1S/C11H10FNO3.C10H8FNO2/c1-15-9-4-6-7(3-8(9)12)11(14)13-5-10(6)16-2;1-14-9-4-6-2-3-12-10(13)7(6)5-8(9)11/h3-5H,1-2H3,(H,13,14);2-5H,1H3,(H,12,13). The van der Waals surface area contributed by atoms with Crippen molar-refractivity contribution in [3.05, 3.63) is 75.1 Å². The molecule has 4 rings (SSSR count). The van der Waals surface area contributed by atoms with Crippen molar-refractivity contribution in [2.75, 3.05) is 21.3 Å². The van der Waals surface area contributed by atoms with E-state index in [1.165, 1.54) is 51.9 Å². The molecule has 0 aliphatic carbocycles. The first-order valence-electron chi connectivity index (χ1n) is 8.67. The van der Waals surface area contributed by atoms with Gasteiger partial charge in [-0.05, 0) is 35.7 Å². The average molecular weight is 416 g/mol. The van der Waals surface area contributed by atoms with Crippen molar-refractivity contribution in [1.82, 2.24) is 9.97 Å². The highest BCUT2D eigenvalue weighted by Gasteiger charge is 2.11. The molecule has 0 unspecified atom stereocenters. The summed E-state index contributed by atoms with van der Waals surface area (Å²) in [6.45, 7) is 0. The van der Waals surface area contributed by atoms with E-state index in [4.69, 9.17) is 14.2 Å². The third-order valence-corrected chi connectivity index (χ3v) is 4.40. The van der Waals surface area contributed by atoms with Gasteiger partial charge in [0.15, 0.2) is 23.1 Å². The molecule has 9 heteroatoms. The number of benzene rings is 2. The topological polar surface area (TPSA) is 93.4 Å². The smallest absolute Gasteiger partial charge is 0.256 e. The molecule has 0 saturated carbocycles. The number of methoxy groups -OCH3 is 3. The Labute approximate surface area is 168 Å². The maximum atomic E-state index is 13.4. The average Bonchev–Trinajstić information content (AvgIpc) is 2.75. The lowest BCUT2D eigenvalue weighted by Gasteiger charge is -2.07. The predicted molar refractivity (Wildman–Crippen MR) is 109 cm³/mol. The fraction of sp³-hybridized carbons (Fsp3) is 0.143. The molecule has 0 amide bonds. The number of H-pyrrole nitrogens is 2. The Kier molecular flexibility index (Phi) is 6.01. The lowest BCUT2D eigenvalue weighted by atomic mass is 10.1. The Balaban J connectivity index is 0.000000172. The van der Waals surface area contributed by atoms with E-state index >= 15 is 0 Å². The van der Waals surface area contributed by atoms with Gasteiger partial charge in [-0.2, -0.15) is 0 Å². The SMILES string of the molecule is COc1cc2c(OC)c[nH]c(=O)c2cc1F.COc1cc2cc[nH]c(=O)c2cc1F. The number of fused-ring (bicyclic) bond motifs is 2. The van der Waals surface area contributed by atoms with Crippen LogP contribution >= 0.6 is 0 Å². The molecule has 2 heterocycles. The molecule has 4 aromatic rings. The normalized spacial score (nSPS) is 10.4. The molecule has 0 atom stereocenters. The lowest BCUT2D eigenvalue weighted by Crippen LogP contribution is -2.07. The summed E-state index contributed by atoms with van der Waals surface area (Å²) < 4.78 is 41.4. The maximum Gasteiger partial charge on any atom is 0.256 e. The highest BCUT2D eigenvalue weighted by Crippen LogP contribution is 2.28. The number of hydrogen-bond donors (Lipinski definition) is 2. The van der Waals surface area contributed by atoms with Crippen LogP contribution in [0.5, 0.6) is 17.2 Å². The molecule has 0 fully saturated rings. The quantitative estimate of drug-likeness (QED) is 0.534. The van der Waals surface area contributed by atoms with Gasteiger partial charge in [0.25, 0.3) is 11.1 Å². The highest BCUT2D eigenvalue weighted by atomic mass is 19.1. The van der Waals surface area contributed by atoms with Crippen LogP contribution in [0.2, 0.25) is 0 Å². The fourth-order valence-corrected chi connectivity index (χ4v) is 2.90. The first-order chi connectivity index (χ1) is 14.4. The molecule has 0 saturated heterocycles. The van der Waals surface area contributed by atoms with Gasteiger partial charge in [-0.1, -0.05) is 0 Å². The zero-order chi connectivity index (χ0) is 21.8. The maximum absolute atomic E-state index is 13.4. The Hall–Kier alpha value is -3.88. The summed E-state index contributed by atoms with van der Waals surface area (Å²) in [5.74, 6) is -0.419. The largest absolute Gasteiger partial charge is 0.495 e. The third kappa shape index (κ3) is 3.95. The van der Waals surface area contributed by atoms with Gasteiger partial charge in [0.1, 0.15) is 5.75 Å². The van der Waals surface area contributed by atoms with E-state index in [1.54, 1.807) is 6.07 Å². The van der Waals surface area contributed by atoms with Crippen LogP contribution in [-0.4, -0.2) is 31.3 Å². The van der Waals surface area contributed by atoms with Crippen LogP contribution in [0.15, 0.2) is 52.3 Å². The number of rotatable bonds is 3. The van der Waals surface area contributed by atoms with E-state index in [2.05, 4.69) is 9.97 Å². The zero-order valence-corrected chi connectivity index (χ0v) is 16.3. The van der Waals surface area contributed by atoms with Gasteiger partial charge in [-0.15, -0.1) is 0 Å². The number of aromatic amines is 2. The Morgan fingerprint density at radius 2 is 1.27 bits per heavy atom. The molecule has 2 N–H and O–H groups in total. The minimum atomic E-state index is -0.575. The molecule has 0 aliphatic heterocycles. The van der Waals surface area contributed by atoms with Crippen molar-refractivity contribution in [2.24, 2.45) is 0 Å². The van der Waals surface area contributed by atoms with Gasteiger partial charge < -0.3 is 24.2 Å². The number of pyridine rings is 2. The molecule has 0 spiro atoms. The van der Waals surface area contributed by atoms with Crippen LogP contribution in [0.3, 0.4) is 0 Å². The zero-order valence-electron chi connectivity index (χ0n) is 16.3. The van der Waals surface area contributed by atoms with Gasteiger partial charge in [-0.3, -0.25) is 9.59 Å². The van der Waals surface area contributed by atoms with Crippen molar-refractivity contribution in [2.45, 2.75) is 0 Å². The monoisotopic (exact) mass is 416 g/mol. The number of hydrogen-bond acceptors (Lipinski definition) is 5. The number of halogens is 2. The van der Waals surface area contributed by atoms with E-state index in [0.29, 0.717) is 21.9 Å². The van der Waals surface area contributed by atoms with Crippen molar-refractivity contribution < 1.29 is 23.0 Å². The van der Waals surface area contributed by atoms with Crippen molar-refractivity contribution in [3.63, 3.8) is 0 Å². The Morgan fingerprint density at radius 1 is 0.700 bits per heavy atom. The minimum absolute atomic E-state index is 0.0800. The van der Waals surface area contributed by atoms with Crippen LogP contribution in [0.4, 0.5) is 8.78 Å². The molecule has 2 aromatic heterocycles. The second-order valence-corrected chi connectivity index (χ2v) is 6.10. The Morgan fingerprint density at radius 3 is 1.90 bits per heavy atom. The summed E-state index contributed by atoms with van der Waals surface area (Å²) in [7, 11) is 4.23. The van der Waals surface area contributed by atoms with E-state index in [0.717, 1.165) is 6.07 Å². The van der Waals surface area contributed by atoms with Gasteiger partial charge in [0, 0.05) is 17.8 Å². The summed E-state index contributed by atoms with van der Waals surface area (Å²) in [6.07, 6.45) is 2.95. The molecule has 30 heavy (non-hydrogen) atoms. The molecule has 0 bridgehead atoms. The molecule has 156 valence electrons. The van der Waals surface area contributed by atoms with Crippen LogP contribution in [0, 0.1) is 11.6 Å². The summed E-state index contributed by atoms with van der Waals surface area (Å²) in [5.41, 5.74) is -0.665. The molecular weight excluding hydrogens is 398 g/mol. The second kappa shape index (κ2) is 8.64. The molecule has 7 nitrogen and oxygen atoms in total. The third-order valence-electron chi connectivity index (χ3n) is 4.40. The van der Waals surface area contributed by atoms with Gasteiger partial charge in [-0.25, -0.2) is 8.78 Å².